The second kappa shape index (κ2) is 5.70. The summed E-state index contributed by atoms with van der Waals surface area (Å²) in [6.45, 7) is 2.98. The molecule has 90 valence electrons. The topological polar surface area (TPSA) is 21.3 Å². The van der Waals surface area contributed by atoms with Gasteiger partial charge in [-0.15, -0.1) is 0 Å². The van der Waals surface area contributed by atoms with E-state index in [-0.39, 0.29) is 12.5 Å². The number of nitrogens with one attached hydrogen (secondary N) is 1. The van der Waals surface area contributed by atoms with E-state index in [1.165, 1.54) is 12.8 Å². The molecule has 0 radical (unpaired) electrons. The van der Waals surface area contributed by atoms with E-state index in [4.69, 9.17) is 4.74 Å². The van der Waals surface area contributed by atoms with Gasteiger partial charge >= 0.3 is 6.18 Å². The van der Waals surface area contributed by atoms with Crippen LogP contribution < -0.4 is 5.32 Å². The summed E-state index contributed by atoms with van der Waals surface area (Å²) < 4.78 is 40.2. The quantitative estimate of drug-likeness (QED) is 0.671. The van der Waals surface area contributed by atoms with Gasteiger partial charge in [0.25, 0.3) is 0 Å². The Morgan fingerprint density at radius 2 is 2.07 bits per heavy atom. The summed E-state index contributed by atoms with van der Waals surface area (Å²) in [7, 11) is 0. The molecule has 0 aromatic carbocycles. The fraction of sp³-hybridized carbons (Fsp3) is 1.00. The maximum atomic E-state index is 11.7. The normalized spacial score (nSPS) is 19.2. The van der Waals surface area contributed by atoms with E-state index in [2.05, 4.69) is 5.32 Å². The zero-order chi connectivity index (χ0) is 11.3. The van der Waals surface area contributed by atoms with Crippen molar-refractivity contribution in [3.8, 4) is 0 Å². The summed E-state index contributed by atoms with van der Waals surface area (Å²) in [5.41, 5.74) is 0. The lowest BCUT2D eigenvalue weighted by molar-refractivity contribution is -0.145. The van der Waals surface area contributed by atoms with Gasteiger partial charge in [0.05, 0.1) is 19.6 Å². The molecule has 0 amide bonds. The van der Waals surface area contributed by atoms with Crippen LogP contribution in [0.4, 0.5) is 13.2 Å². The lowest BCUT2D eigenvalue weighted by Crippen LogP contribution is -2.26. The maximum absolute atomic E-state index is 11.7. The van der Waals surface area contributed by atoms with Crippen LogP contribution in [0.2, 0.25) is 0 Å². The van der Waals surface area contributed by atoms with Crippen LogP contribution >= 0.6 is 0 Å². The number of rotatable bonds is 7. The van der Waals surface area contributed by atoms with E-state index in [1.807, 2.05) is 6.92 Å². The molecule has 5 heteroatoms. The Bertz CT molecular complexity index is 180. The monoisotopic (exact) mass is 225 g/mol. The van der Waals surface area contributed by atoms with Crippen LogP contribution in [0.3, 0.4) is 0 Å². The van der Waals surface area contributed by atoms with Gasteiger partial charge in [-0.25, -0.2) is 0 Å². The van der Waals surface area contributed by atoms with Gasteiger partial charge < -0.3 is 10.1 Å². The molecule has 15 heavy (non-hydrogen) atoms. The summed E-state index contributed by atoms with van der Waals surface area (Å²) >= 11 is 0. The minimum absolute atomic E-state index is 0.225. The SMILES string of the molecule is CC(CNC1CC1)COCCC(F)(F)F. The van der Waals surface area contributed by atoms with Gasteiger partial charge in [0.15, 0.2) is 0 Å². The highest BCUT2D eigenvalue weighted by Gasteiger charge is 2.26. The second-order valence-electron chi connectivity index (χ2n) is 4.23. The van der Waals surface area contributed by atoms with E-state index in [1.54, 1.807) is 0 Å². The molecule has 1 aliphatic rings. The van der Waals surface area contributed by atoms with Crippen molar-refractivity contribution in [3.05, 3.63) is 0 Å². The molecule has 0 saturated heterocycles. The third-order valence-electron chi connectivity index (χ3n) is 2.26. The molecule has 0 heterocycles. The Labute approximate surface area is 88.2 Å². The van der Waals surface area contributed by atoms with Gasteiger partial charge in [-0.1, -0.05) is 6.92 Å². The van der Waals surface area contributed by atoms with Gasteiger partial charge in [0, 0.05) is 12.6 Å². The third kappa shape index (κ3) is 7.62. The fourth-order valence-corrected chi connectivity index (χ4v) is 1.19. The predicted octanol–water partition coefficient (Wildman–Crippen LogP) is 2.34. The number of ether oxygens (including phenoxy) is 1. The largest absolute Gasteiger partial charge is 0.391 e. The molecule has 0 spiro atoms. The van der Waals surface area contributed by atoms with Crippen molar-refractivity contribution in [1.82, 2.24) is 5.32 Å². The van der Waals surface area contributed by atoms with Crippen LogP contribution in [-0.4, -0.2) is 32.0 Å². The van der Waals surface area contributed by atoms with Crippen molar-refractivity contribution in [3.63, 3.8) is 0 Å². The molecular formula is C10H18F3NO. The highest BCUT2D eigenvalue weighted by Crippen LogP contribution is 2.20. The van der Waals surface area contributed by atoms with Crippen molar-refractivity contribution in [2.45, 2.75) is 38.4 Å². The minimum Gasteiger partial charge on any atom is -0.381 e. The van der Waals surface area contributed by atoms with Crippen molar-refractivity contribution in [1.29, 1.82) is 0 Å². The highest BCUT2D eigenvalue weighted by atomic mass is 19.4. The van der Waals surface area contributed by atoms with Crippen molar-refractivity contribution in [2.24, 2.45) is 5.92 Å². The van der Waals surface area contributed by atoms with Crippen LogP contribution in [0.25, 0.3) is 0 Å². The third-order valence-corrected chi connectivity index (χ3v) is 2.26. The fourth-order valence-electron chi connectivity index (χ4n) is 1.19. The van der Waals surface area contributed by atoms with Crippen LogP contribution in [0.5, 0.6) is 0 Å². The Hall–Kier alpha value is -0.290. The molecule has 2 nitrogen and oxygen atoms in total. The smallest absolute Gasteiger partial charge is 0.381 e. The highest BCUT2D eigenvalue weighted by molar-refractivity contribution is 4.81. The maximum Gasteiger partial charge on any atom is 0.391 e. The van der Waals surface area contributed by atoms with Crippen molar-refractivity contribution < 1.29 is 17.9 Å². The molecule has 0 aromatic heterocycles. The predicted molar refractivity (Wildman–Crippen MR) is 51.7 cm³/mol. The molecule has 0 bridgehead atoms. The summed E-state index contributed by atoms with van der Waals surface area (Å²) in [5.74, 6) is 0.277. The van der Waals surface area contributed by atoms with Gasteiger partial charge in [-0.3, -0.25) is 0 Å². The summed E-state index contributed by atoms with van der Waals surface area (Å²) in [6, 6.07) is 0.641. The molecule has 1 unspecified atom stereocenters. The molecule has 1 fully saturated rings. The Morgan fingerprint density at radius 3 is 2.60 bits per heavy atom. The summed E-state index contributed by atoms with van der Waals surface area (Å²) in [6.07, 6.45) is -2.51. The van der Waals surface area contributed by atoms with E-state index < -0.39 is 12.6 Å². The van der Waals surface area contributed by atoms with E-state index >= 15 is 0 Å². The van der Waals surface area contributed by atoms with Crippen LogP contribution in [0, 0.1) is 5.92 Å². The van der Waals surface area contributed by atoms with Gasteiger partial charge in [0.2, 0.25) is 0 Å². The summed E-state index contributed by atoms with van der Waals surface area (Å²) in [5, 5.41) is 3.31. The first kappa shape index (κ1) is 12.8. The van der Waals surface area contributed by atoms with Gasteiger partial charge in [-0.05, 0) is 18.8 Å². The lowest BCUT2D eigenvalue weighted by Gasteiger charge is -2.13. The zero-order valence-electron chi connectivity index (χ0n) is 8.94. The van der Waals surface area contributed by atoms with Crippen LogP contribution in [-0.2, 0) is 4.74 Å². The average Bonchev–Trinajstić information content (AvgIpc) is 2.91. The molecular weight excluding hydrogens is 207 g/mol. The Balaban J connectivity index is 1.89. The molecule has 1 N–H and O–H groups in total. The van der Waals surface area contributed by atoms with Gasteiger partial charge in [0.1, 0.15) is 0 Å². The van der Waals surface area contributed by atoms with Crippen molar-refractivity contribution >= 4 is 0 Å². The van der Waals surface area contributed by atoms with E-state index in [0.717, 1.165) is 6.54 Å². The van der Waals surface area contributed by atoms with E-state index in [0.29, 0.717) is 12.6 Å². The molecule has 1 saturated carbocycles. The first-order valence-corrected chi connectivity index (χ1v) is 5.35. The Morgan fingerprint density at radius 1 is 1.40 bits per heavy atom. The van der Waals surface area contributed by atoms with Crippen LogP contribution in [0.15, 0.2) is 0 Å². The second-order valence-corrected chi connectivity index (χ2v) is 4.23. The molecule has 0 aliphatic heterocycles. The minimum atomic E-state index is -4.10. The number of hydrogen-bond donors (Lipinski definition) is 1. The van der Waals surface area contributed by atoms with Gasteiger partial charge in [-0.2, -0.15) is 13.2 Å². The van der Waals surface area contributed by atoms with Crippen LogP contribution in [0.1, 0.15) is 26.2 Å². The lowest BCUT2D eigenvalue weighted by atomic mass is 10.2. The molecule has 0 aromatic rings. The standard InChI is InChI=1S/C10H18F3NO/c1-8(6-14-9-2-3-9)7-15-5-4-10(11,12)13/h8-9,14H,2-7H2,1H3. The first-order valence-electron chi connectivity index (χ1n) is 5.35. The zero-order valence-corrected chi connectivity index (χ0v) is 8.94. The van der Waals surface area contributed by atoms with Crippen molar-refractivity contribution in [2.75, 3.05) is 19.8 Å². The number of halogens is 3. The first-order chi connectivity index (χ1) is 6.97. The summed E-state index contributed by atoms with van der Waals surface area (Å²) in [4.78, 5) is 0. The number of alkyl halides is 3. The number of hydrogen-bond acceptors (Lipinski definition) is 2. The average molecular weight is 225 g/mol. The molecule has 1 atom stereocenters. The Kier molecular flexibility index (Phi) is 4.86. The molecule has 1 rings (SSSR count). The van der Waals surface area contributed by atoms with E-state index in [9.17, 15) is 13.2 Å². The molecule has 1 aliphatic carbocycles.